The highest BCUT2D eigenvalue weighted by atomic mass is 16.3. The average molecular weight is 488 g/mol. The highest BCUT2D eigenvalue weighted by Crippen LogP contribution is 2.25. The van der Waals surface area contributed by atoms with Gasteiger partial charge in [-0.2, -0.15) is 0 Å². The Hall–Kier alpha value is -4.17. The molecule has 1 atom stereocenters. The molecule has 3 aromatic carbocycles. The lowest BCUT2D eigenvalue weighted by atomic mass is 9.90. The first kappa shape index (κ1) is 26.4. The van der Waals surface area contributed by atoms with E-state index in [4.69, 9.17) is 11.5 Å². The molecule has 7 N–H and O–H groups in total. The van der Waals surface area contributed by atoms with Crippen LogP contribution in [0, 0.1) is 6.92 Å². The first-order valence-corrected chi connectivity index (χ1v) is 11.9. The van der Waals surface area contributed by atoms with Gasteiger partial charge in [0.15, 0.2) is 5.96 Å². The van der Waals surface area contributed by atoms with E-state index in [-0.39, 0.29) is 11.7 Å². The Balaban J connectivity index is 1.75. The maximum atomic E-state index is 13.4. The van der Waals surface area contributed by atoms with Gasteiger partial charge in [-0.15, -0.1) is 0 Å². The first-order valence-electron chi connectivity index (χ1n) is 11.9. The SMILES string of the molecule is Cc1cc(CN[C@@H](CCCN=C(N)N)C(=O)NC(=O)C(c2ccccc2)c2ccccc2)ccc1O. The molecule has 0 aromatic heterocycles. The number of aryl methyl sites for hydroxylation is 1. The Kier molecular flexibility index (Phi) is 9.59. The predicted molar refractivity (Wildman–Crippen MR) is 141 cm³/mol. The summed E-state index contributed by atoms with van der Waals surface area (Å²) in [6.07, 6.45) is 0.973. The van der Waals surface area contributed by atoms with E-state index < -0.39 is 23.8 Å². The number of rotatable bonds is 11. The Morgan fingerprint density at radius 1 is 0.917 bits per heavy atom. The number of aromatic hydroxyl groups is 1. The van der Waals surface area contributed by atoms with Crippen molar-refractivity contribution >= 4 is 17.8 Å². The third-order valence-electron chi connectivity index (χ3n) is 5.85. The van der Waals surface area contributed by atoms with Gasteiger partial charge in [-0.25, -0.2) is 0 Å². The van der Waals surface area contributed by atoms with Crippen LogP contribution in [-0.4, -0.2) is 35.5 Å². The molecule has 0 radical (unpaired) electrons. The van der Waals surface area contributed by atoms with Gasteiger partial charge in [-0.1, -0.05) is 72.8 Å². The van der Waals surface area contributed by atoms with Crippen molar-refractivity contribution in [3.63, 3.8) is 0 Å². The number of hydrogen-bond acceptors (Lipinski definition) is 5. The number of carbonyl (C=O) groups excluding carboxylic acids is 2. The fraction of sp³-hybridized carbons (Fsp3) is 0.250. The largest absolute Gasteiger partial charge is 0.508 e. The standard InChI is InChI=1S/C28H33N5O3/c1-19-17-20(14-15-24(19)34)18-32-23(13-8-16-31-28(29)30)26(35)33-27(36)25(21-9-4-2-5-10-21)22-11-6-3-7-12-22/h2-7,9-12,14-15,17,23,25,32,34H,8,13,16,18H2,1H3,(H4,29,30,31)(H,33,35,36)/t23-/m0/s1. The van der Waals surface area contributed by atoms with Crippen molar-refractivity contribution in [2.45, 2.75) is 38.3 Å². The highest BCUT2D eigenvalue weighted by Gasteiger charge is 2.27. The quantitative estimate of drug-likeness (QED) is 0.160. The van der Waals surface area contributed by atoms with Crippen LogP contribution in [0.1, 0.15) is 41.0 Å². The van der Waals surface area contributed by atoms with Crippen LogP contribution in [-0.2, 0) is 16.1 Å². The van der Waals surface area contributed by atoms with Crippen molar-refractivity contribution in [3.05, 3.63) is 101 Å². The summed E-state index contributed by atoms with van der Waals surface area (Å²) >= 11 is 0. The van der Waals surface area contributed by atoms with Crippen molar-refractivity contribution < 1.29 is 14.7 Å². The minimum atomic E-state index is -0.649. The number of benzene rings is 3. The molecule has 0 spiro atoms. The molecule has 0 aliphatic carbocycles. The molecule has 0 fully saturated rings. The number of phenolic OH excluding ortho intramolecular Hbond substituents is 1. The Morgan fingerprint density at radius 2 is 1.53 bits per heavy atom. The van der Waals surface area contributed by atoms with Gasteiger partial charge in [0.25, 0.3) is 0 Å². The average Bonchev–Trinajstić information content (AvgIpc) is 2.87. The van der Waals surface area contributed by atoms with Gasteiger partial charge in [-0.3, -0.25) is 19.9 Å². The number of carbonyl (C=O) groups is 2. The van der Waals surface area contributed by atoms with Crippen LogP contribution in [0.5, 0.6) is 5.75 Å². The second-order valence-electron chi connectivity index (χ2n) is 8.61. The molecule has 188 valence electrons. The molecule has 3 rings (SSSR count). The number of nitrogens with two attached hydrogens (primary N) is 2. The minimum Gasteiger partial charge on any atom is -0.508 e. The molecule has 0 saturated heterocycles. The Bertz CT molecular complexity index is 1140. The molecule has 0 aliphatic heterocycles. The second kappa shape index (κ2) is 13.1. The summed E-state index contributed by atoms with van der Waals surface area (Å²) in [6, 6.07) is 23.4. The van der Waals surface area contributed by atoms with E-state index in [1.54, 1.807) is 12.1 Å². The van der Waals surface area contributed by atoms with E-state index in [0.717, 1.165) is 22.3 Å². The summed E-state index contributed by atoms with van der Waals surface area (Å²) in [7, 11) is 0. The van der Waals surface area contributed by atoms with E-state index in [1.807, 2.05) is 73.7 Å². The zero-order chi connectivity index (χ0) is 25.9. The maximum absolute atomic E-state index is 13.4. The van der Waals surface area contributed by atoms with Gasteiger partial charge in [0, 0.05) is 13.1 Å². The minimum absolute atomic E-state index is 0.00716. The van der Waals surface area contributed by atoms with Gasteiger partial charge in [-0.05, 0) is 48.1 Å². The number of hydrogen-bond donors (Lipinski definition) is 5. The number of nitrogens with zero attached hydrogens (tertiary/aromatic N) is 1. The molecule has 36 heavy (non-hydrogen) atoms. The first-order chi connectivity index (χ1) is 17.3. The topological polar surface area (TPSA) is 143 Å². The molecule has 8 heteroatoms. The van der Waals surface area contributed by atoms with E-state index in [9.17, 15) is 14.7 Å². The van der Waals surface area contributed by atoms with Gasteiger partial charge in [0.1, 0.15) is 5.75 Å². The lowest BCUT2D eigenvalue weighted by Gasteiger charge is -2.21. The van der Waals surface area contributed by atoms with Gasteiger partial charge < -0.3 is 21.9 Å². The number of imide groups is 1. The van der Waals surface area contributed by atoms with Crippen LogP contribution in [0.3, 0.4) is 0 Å². The summed E-state index contributed by atoms with van der Waals surface area (Å²) in [5.41, 5.74) is 14.1. The molecule has 8 nitrogen and oxygen atoms in total. The summed E-state index contributed by atoms with van der Waals surface area (Å²) in [4.78, 5) is 30.6. The summed E-state index contributed by atoms with van der Waals surface area (Å²) < 4.78 is 0. The smallest absolute Gasteiger partial charge is 0.243 e. The van der Waals surface area contributed by atoms with E-state index in [0.29, 0.717) is 25.9 Å². The second-order valence-corrected chi connectivity index (χ2v) is 8.61. The predicted octanol–water partition coefficient (Wildman–Crippen LogP) is 2.69. The van der Waals surface area contributed by atoms with Crippen LogP contribution in [0.25, 0.3) is 0 Å². The third-order valence-corrected chi connectivity index (χ3v) is 5.85. The van der Waals surface area contributed by atoms with Gasteiger partial charge in [0.2, 0.25) is 11.8 Å². The zero-order valence-electron chi connectivity index (χ0n) is 20.4. The molecule has 0 heterocycles. The van der Waals surface area contributed by atoms with Crippen molar-refractivity contribution in [1.82, 2.24) is 10.6 Å². The number of phenols is 1. The summed E-state index contributed by atoms with van der Waals surface area (Å²) in [5.74, 6) is -1.24. The number of aliphatic imine (C=N–C) groups is 1. The van der Waals surface area contributed by atoms with Crippen molar-refractivity contribution in [3.8, 4) is 5.75 Å². The lowest BCUT2D eigenvalue weighted by molar-refractivity contribution is -0.132. The van der Waals surface area contributed by atoms with E-state index in [1.165, 1.54) is 0 Å². The number of amides is 2. The molecule has 3 aromatic rings. The highest BCUT2D eigenvalue weighted by molar-refractivity contribution is 6.01. The van der Waals surface area contributed by atoms with Crippen LogP contribution in [0.4, 0.5) is 0 Å². The monoisotopic (exact) mass is 487 g/mol. The van der Waals surface area contributed by atoms with Crippen molar-refractivity contribution in [2.75, 3.05) is 6.54 Å². The number of guanidine groups is 1. The third kappa shape index (κ3) is 7.68. The van der Waals surface area contributed by atoms with E-state index >= 15 is 0 Å². The van der Waals surface area contributed by atoms with Crippen LogP contribution >= 0.6 is 0 Å². The van der Waals surface area contributed by atoms with Crippen LogP contribution in [0.2, 0.25) is 0 Å². The van der Waals surface area contributed by atoms with Crippen LogP contribution < -0.4 is 22.1 Å². The molecule has 0 saturated carbocycles. The summed E-state index contributed by atoms with van der Waals surface area (Å²) in [5, 5.41) is 15.6. The fourth-order valence-corrected chi connectivity index (χ4v) is 3.96. The number of nitrogens with one attached hydrogen (secondary N) is 2. The zero-order valence-corrected chi connectivity index (χ0v) is 20.4. The lowest BCUT2D eigenvalue weighted by Crippen LogP contribution is -2.47. The molecular weight excluding hydrogens is 454 g/mol. The van der Waals surface area contributed by atoms with E-state index in [2.05, 4.69) is 15.6 Å². The molecule has 0 aliphatic rings. The summed E-state index contributed by atoms with van der Waals surface area (Å²) in [6.45, 7) is 2.57. The maximum Gasteiger partial charge on any atom is 0.243 e. The molecule has 0 unspecified atom stereocenters. The Morgan fingerprint density at radius 3 is 2.08 bits per heavy atom. The van der Waals surface area contributed by atoms with Gasteiger partial charge in [0.05, 0.1) is 12.0 Å². The molecule has 2 amide bonds. The molecule has 0 bridgehead atoms. The fourth-order valence-electron chi connectivity index (χ4n) is 3.96. The Labute approximate surface area is 211 Å². The molecular formula is C28H33N5O3. The normalized spacial score (nSPS) is 11.6. The van der Waals surface area contributed by atoms with Crippen molar-refractivity contribution in [1.29, 1.82) is 0 Å². The van der Waals surface area contributed by atoms with Gasteiger partial charge >= 0.3 is 0 Å². The van der Waals surface area contributed by atoms with Crippen molar-refractivity contribution in [2.24, 2.45) is 16.5 Å². The van der Waals surface area contributed by atoms with Crippen LogP contribution in [0.15, 0.2) is 83.9 Å².